The molecule has 0 spiro atoms. The lowest BCUT2D eigenvalue weighted by Crippen LogP contribution is -2.25. The Balaban J connectivity index is 2.35. The highest BCUT2D eigenvalue weighted by Crippen LogP contribution is 2.30. The van der Waals surface area contributed by atoms with Crippen LogP contribution in [0.5, 0.6) is 0 Å². The van der Waals surface area contributed by atoms with E-state index in [1.807, 2.05) is 6.92 Å². The monoisotopic (exact) mass is 186 g/mol. The molecule has 0 radical (unpaired) electrons. The van der Waals surface area contributed by atoms with Crippen molar-refractivity contribution in [2.24, 2.45) is 0 Å². The molecule has 74 valence electrons. The Bertz CT molecular complexity index is 218. The Kier molecular flexibility index (Phi) is 3.06. The standard InChI is InChI=1S/C9H14O4/c1-4-5-11-9(6-12-9)13-8(10)7(2)3/h2,4-6H2,1,3H3. The first-order valence-corrected chi connectivity index (χ1v) is 4.26. The largest absolute Gasteiger partial charge is 0.402 e. The molecule has 1 fully saturated rings. The summed E-state index contributed by atoms with van der Waals surface area (Å²) in [7, 11) is 0. The molecule has 0 aromatic rings. The van der Waals surface area contributed by atoms with Gasteiger partial charge in [0, 0.05) is 5.57 Å². The van der Waals surface area contributed by atoms with Crippen molar-refractivity contribution in [3.05, 3.63) is 12.2 Å². The molecule has 1 unspecified atom stereocenters. The lowest BCUT2D eigenvalue weighted by Gasteiger charge is -2.12. The third-order valence-electron chi connectivity index (χ3n) is 1.50. The van der Waals surface area contributed by atoms with E-state index in [9.17, 15) is 4.79 Å². The van der Waals surface area contributed by atoms with E-state index in [2.05, 4.69) is 6.58 Å². The molecule has 4 nitrogen and oxygen atoms in total. The third-order valence-corrected chi connectivity index (χ3v) is 1.50. The number of hydrogen-bond donors (Lipinski definition) is 0. The molecule has 0 amide bonds. The molecular formula is C9H14O4. The Morgan fingerprint density at radius 3 is 2.69 bits per heavy atom. The van der Waals surface area contributed by atoms with Gasteiger partial charge < -0.3 is 14.2 Å². The SMILES string of the molecule is C=C(C)C(=O)OC1(OCCC)CO1. The first kappa shape index (κ1) is 10.2. The number of ether oxygens (including phenoxy) is 3. The second-order valence-corrected chi connectivity index (χ2v) is 2.99. The van der Waals surface area contributed by atoms with Crippen LogP contribution in [0.1, 0.15) is 20.3 Å². The number of carbonyl (C=O) groups is 1. The quantitative estimate of drug-likeness (QED) is 0.280. The Morgan fingerprint density at radius 2 is 2.31 bits per heavy atom. The molecule has 1 aliphatic rings. The summed E-state index contributed by atoms with van der Waals surface area (Å²) in [6, 6.07) is 0. The van der Waals surface area contributed by atoms with Crippen LogP contribution in [0.3, 0.4) is 0 Å². The van der Waals surface area contributed by atoms with Crippen molar-refractivity contribution < 1.29 is 19.0 Å². The minimum absolute atomic E-state index is 0.312. The summed E-state index contributed by atoms with van der Waals surface area (Å²) in [4.78, 5) is 11.1. The first-order valence-electron chi connectivity index (χ1n) is 4.26. The minimum Gasteiger partial charge on any atom is -0.402 e. The molecule has 0 N–H and O–H groups in total. The van der Waals surface area contributed by atoms with Crippen LogP contribution in [-0.2, 0) is 19.0 Å². The van der Waals surface area contributed by atoms with Gasteiger partial charge in [0.1, 0.15) is 6.61 Å². The molecule has 0 aliphatic carbocycles. The number of rotatable bonds is 5. The fourth-order valence-corrected chi connectivity index (χ4v) is 0.717. The normalized spacial score (nSPS) is 25.4. The van der Waals surface area contributed by atoms with E-state index in [1.165, 1.54) is 0 Å². The van der Waals surface area contributed by atoms with Gasteiger partial charge in [-0.15, -0.1) is 0 Å². The number of carbonyl (C=O) groups excluding carboxylic acids is 1. The summed E-state index contributed by atoms with van der Waals surface area (Å²) < 4.78 is 15.0. The molecule has 1 rings (SSSR count). The van der Waals surface area contributed by atoms with E-state index in [0.29, 0.717) is 18.8 Å². The number of epoxide rings is 1. The molecule has 1 heterocycles. The topological polar surface area (TPSA) is 48.1 Å². The van der Waals surface area contributed by atoms with E-state index < -0.39 is 11.9 Å². The van der Waals surface area contributed by atoms with Crippen molar-refractivity contribution in [2.75, 3.05) is 13.2 Å². The molecule has 0 saturated carbocycles. The Morgan fingerprint density at radius 1 is 1.69 bits per heavy atom. The summed E-state index contributed by atoms with van der Waals surface area (Å²) in [5.41, 5.74) is 0.343. The second kappa shape index (κ2) is 3.89. The zero-order valence-corrected chi connectivity index (χ0v) is 7.96. The summed E-state index contributed by atoms with van der Waals surface area (Å²) in [6.45, 7) is 7.84. The van der Waals surface area contributed by atoms with Gasteiger partial charge in [0.2, 0.25) is 0 Å². The molecule has 1 atom stereocenters. The van der Waals surface area contributed by atoms with Crippen molar-refractivity contribution in [2.45, 2.75) is 26.2 Å². The van der Waals surface area contributed by atoms with Gasteiger partial charge in [-0.2, -0.15) is 0 Å². The smallest absolute Gasteiger partial charge is 0.354 e. The zero-order valence-electron chi connectivity index (χ0n) is 7.96. The second-order valence-electron chi connectivity index (χ2n) is 2.99. The molecular weight excluding hydrogens is 172 g/mol. The van der Waals surface area contributed by atoms with E-state index in [1.54, 1.807) is 6.92 Å². The summed E-state index contributed by atoms with van der Waals surface area (Å²) in [5.74, 6) is -1.58. The predicted molar refractivity (Wildman–Crippen MR) is 45.8 cm³/mol. The minimum atomic E-state index is -1.11. The van der Waals surface area contributed by atoms with Gasteiger partial charge in [-0.3, -0.25) is 0 Å². The molecule has 0 aromatic carbocycles. The Labute approximate surface area is 77.5 Å². The van der Waals surface area contributed by atoms with Crippen LogP contribution in [-0.4, -0.2) is 25.2 Å². The van der Waals surface area contributed by atoms with Crippen LogP contribution in [0.4, 0.5) is 0 Å². The Hall–Kier alpha value is -0.870. The molecule has 13 heavy (non-hydrogen) atoms. The molecule has 0 aromatic heterocycles. The highest BCUT2D eigenvalue weighted by atomic mass is 16.9. The van der Waals surface area contributed by atoms with Crippen LogP contribution < -0.4 is 0 Å². The van der Waals surface area contributed by atoms with Gasteiger partial charge in [-0.1, -0.05) is 13.5 Å². The van der Waals surface area contributed by atoms with Crippen LogP contribution in [0, 0.1) is 0 Å². The van der Waals surface area contributed by atoms with Gasteiger partial charge in [-0.25, -0.2) is 4.79 Å². The lowest BCUT2D eigenvalue weighted by molar-refractivity contribution is -0.221. The van der Waals surface area contributed by atoms with Crippen molar-refractivity contribution in [1.82, 2.24) is 0 Å². The van der Waals surface area contributed by atoms with Crippen molar-refractivity contribution in [3.63, 3.8) is 0 Å². The van der Waals surface area contributed by atoms with Crippen molar-refractivity contribution in [1.29, 1.82) is 0 Å². The third kappa shape index (κ3) is 2.82. The fourth-order valence-electron chi connectivity index (χ4n) is 0.717. The van der Waals surface area contributed by atoms with Gasteiger partial charge in [0.15, 0.2) is 0 Å². The number of hydrogen-bond acceptors (Lipinski definition) is 4. The average molecular weight is 186 g/mol. The maximum absolute atomic E-state index is 11.1. The van der Waals surface area contributed by atoms with Crippen LogP contribution >= 0.6 is 0 Å². The van der Waals surface area contributed by atoms with Gasteiger partial charge in [-0.05, 0) is 13.3 Å². The molecule has 4 heteroatoms. The fraction of sp³-hybridized carbons (Fsp3) is 0.667. The predicted octanol–water partition coefficient (Wildman–Crippen LogP) is 1.22. The van der Waals surface area contributed by atoms with E-state index in [4.69, 9.17) is 14.2 Å². The highest BCUT2D eigenvalue weighted by Gasteiger charge is 2.51. The van der Waals surface area contributed by atoms with Crippen LogP contribution in [0.15, 0.2) is 12.2 Å². The van der Waals surface area contributed by atoms with Gasteiger partial charge >= 0.3 is 11.9 Å². The van der Waals surface area contributed by atoms with Crippen molar-refractivity contribution >= 4 is 5.97 Å². The molecule has 1 saturated heterocycles. The molecule has 0 bridgehead atoms. The van der Waals surface area contributed by atoms with Gasteiger partial charge in [0.05, 0.1) is 6.61 Å². The van der Waals surface area contributed by atoms with Crippen LogP contribution in [0.25, 0.3) is 0 Å². The van der Waals surface area contributed by atoms with E-state index in [0.717, 1.165) is 6.42 Å². The maximum Gasteiger partial charge on any atom is 0.354 e. The first-order chi connectivity index (χ1) is 6.09. The average Bonchev–Trinajstić information content (AvgIpc) is 2.82. The van der Waals surface area contributed by atoms with E-state index in [-0.39, 0.29) is 0 Å². The highest BCUT2D eigenvalue weighted by molar-refractivity contribution is 5.87. The summed E-state index contributed by atoms with van der Waals surface area (Å²) in [5, 5.41) is 0. The van der Waals surface area contributed by atoms with E-state index >= 15 is 0 Å². The number of esters is 1. The summed E-state index contributed by atoms with van der Waals surface area (Å²) in [6.07, 6.45) is 0.857. The van der Waals surface area contributed by atoms with Gasteiger partial charge in [0.25, 0.3) is 0 Å². The van der Waals surface area contributed by atoms with Crippen LogP contribution in [0.2, 0.25) is 0 Å². The maximum atomic E-state index is 11.1. The van der Waals surface area contributed by atoms with Crippen molar-refractivity contribution in [3.8, 4) is 0 Å². The molecule has 1 aliphatic heterocycles. The lowest BCUT2D eigenvalue weighted by atomic mass is 10.4. The summed E-state index contributed by atoms with van der Waals surface area (Å²) >= 11 is 0. The zero-order chi connectivity index (χ0) is 9.90.